The number of phenols is 1. The van der Waals surface area contributed by atoms with E-state index in [4.69, 9.17) is 0 Å². The third kappa shape index (κ3) is 2.38. The summed E-state index contributed by atoms with van der Waals surface area (Å²) in [6, 6.07) is 8.40. The summed E-state index contributed by atoms with van der Waals surface area (Å²) in [7, 11) is 0. The van der Waals surface area contributed by atoms with Gasteiger partial charge in [-0.3, -0.25) is 0 Å². The molecule has 2 heteroatoms. The fraction of sp³-hybridized carbons (Fsp3) is 0.571. The van der Waals surface area contributed by atoms with E-state index in [0.29, 0.717) is 17.7 Å². The highest BCUT2D eigenvalue weighted by atomic mass is 16.3. The lowest BCUT2D eigenvalue weighted by molar-refractivity contribution is 0.268. The average molecular weight is 219 g/mol. The number of aromatic hydroxyl groups is 1. The zero-order valence-corrected chi connectivity index (χ0v) is 10.2. The molecule has 88 valence electrons. The second-order valence-electron chi connectivity index (χ2n) is 4.87. The van der Waals surface area contributed by atoms with E-state index < -0.39 is 0 Å². The van der Waals surface area contributed by atoms with Crippen molar-refractivity contribution in [2.24, 2.45) is 0 Å². The van der Waals surface area contributed by atoms with Crippen LogP contribution in [0.2, 0.25) is 0 Å². The number of rotatable bonds is 3. The predicted molar refractivity (Wildman–Crippen MR) is 66.8 cm³/mol. The first kappa shape index (κ1) is 11.5. The van der Waals surface area contributed by atoms with Crippen LogP contribution in [0, 0.1) is 0 Å². The van der Waals surface area contributed by atoms with E-state index >= 15 is 0 Å². The smallest absolute Gasteiger partial charge is 0.115 e. The summed E-state index contributed by atoms with van der Waals surface area (Å²) in [6.45, 7) is 6.86. The summed E-state index contributed by atoms with van der Waals surface area (Å²) in [6.07, 6.45) is 2.43. The zero-order valence-electron chi connectivity index (χ0n) is 10.2. The highest BCUT2D eigenvalue weighted by Gasteiger charge is 2.29. The highest BCUT2D eigenvalue weighted by molar-refractivity contribution is 5.30. The summed E-state index contributed by atoms with van der Waals surface area (Å²) in [5, 5.41) is 9.49. The molecule has 0 amide bonds. The fourth-order valence-electron chi connectivity index (χ4n) is 2.72. The molecule has 16 heavy (non-hydrogen) atoms. The van der Waals surface area contributed by atoms with Crippen molar-refractivity contribution in [3.05, 3.63) is 29.8 Å². The van der Waals surface area contributed by atoms with Gasteiger partial charge in [0, 0.05) is 12.6 Å². The van der Waals surface area contributed by atoms with Crippen molar-refractivity contribution in [3.63, 3.8) is 0 Å². The van der Waals surface area contributed by atoms with Gasteiger partial charge in [0.25, 0.3) is 0 Å². The SMILES string of the molecule is CCCN1C[C@@H](c2cccc(O)c2)C[C@@H]1C. The molecule has 0 unspecified atom stereocenters. The summed E-state index contributed by atoms with van der Waals surface area (Å²) >= 11 is 0. The predicted octanol–water partition coefficient (Wildman–Crippen LogP) is 2.98. The molecule has 1 aliphatic heterocycles. The molecule has 1 aliphatic rings. The van der Waals surface area contributed by atoms with Crippen LogP contribution in [0.5, 0.6) is 5.75 Å². The molecule has 1 aromatic rings. The lowest BCUT2D eigenvalue weighted by Crippen LogP contribution is -2.27. The van der Waals surface area contributed by atoms with Gasteiger partial charge in [-0.25, -0.2) is 0 Å². The monoisotopic (exact) mass is 219 g/mol. The van der Waals surface area contributed by atoms with Crippen LogP contribution in [-0.2, 0) is 0 Å². The number of phenolic OH excluding ortho intramolecular Hbond substituents is 1. The molecule has 0 bridgehead atoms. The Morgan fingerprint density at radius 3 is 2.94 bits per heavy atom. The first-order chi connectivity index (χ1) is 7.70. The molecule has 1 N–H and O–H groups in total. The van der Waals surface area contributed by atoms with Crippen molar-refractivity contribution in [2.75, 3.05) is 13.1 Å². The molecule has 1 aromatic carbocycles. The Kier molecular flexibility index (Phi) is 3.49. The Hall–Kier alpha value is -1.02. The standard InChI is InChI=1S/C14H21NO/c1-3-7-15-10-13(8-11(15)2)12-5-4-6-14(16)9-12/h4-6,9,11,13,16H,3,7-8,10H2,1-2H3/t11-,13-/m0/s1. The Morgan fingerprint density at radius 1 is 1.44 bits per heavy atom. The molecule has 2 atom stereocenters. The zero-order chi connectivity index (χ0) is 11.5. The van der Waals surface area contributed by atoms with E-state index in [-0.39, 0.29) is 0 Å². The molecule has 2 nitrogen and oxygen atoms in total. The Balaban J connectivity index is 2.07. The van der Waals surface area contributed by atoms with Gasteiger partial charge in [-0.15, -0.1) is 0 Å². The van der Waals surface area contributed by atoms with Gasteiger partial charge in [-0.1, -0.05) is 19.1 Å². The number of nitrogens with zero attached hydrogens (tertiary/aromatic N) is 1. The molecule has 1 fully saturated rings. The van der Waals surface area contributed by atoms with E-state index in [2.05, 4.69) is 24.8 Å². The fourth-order valence-corrected chi connectivity index (χ4v) is 2.72. The van der Waals surface area contributed by atoms with Crippen molar-refractivity contribution in [1.82, 2.24) is 4.90 Å². The third-order valence-corrected chi connectivity index (χ3v) is 3.56. The van der Waals surface area contributed by atoms with Gasteiger partial charge in [0.05, 0.1) is 0 Å². The number of likely N-dealkylation sites (tertiary alicyclic amines) is 1. The second-order valence-corrected chi connectivity index (χ2v) is 4.87. The van der Waals surface area contributed by atoms with Crippen molar-refractivity contribution in [3.8, 4) is 5.75 Å². The van der Waals surface area contributed by atoms with Gasteiger partial charge < -0.3 is 10.0 Å². The van der Waals surface area contributed by atoms with E-state index in [1.807, 2.05) is 12.1 Å². The van der Waals surface area contributed by atoms with Crippen molar-refractivity contribution >= 4 is 0 Å². The second kappa shape index (κ2) is 4.88. The minimum absolute atomic E-state index is 0.388. The topological polar surface area (TPSA) is 23.5 Å². The van der Waals surface area contributed by atoms with Crippen molar-refractivity contribution < 1.29 is 5.11 Å². The minimum atomic E-state index is 0.388. The lowest BCUT2D eigenvalue weighted by Gasteiger charge is -2.19. The molecule has 0 radical (unpaired) electrons. The molecule has 2 rings (SSSR count). The first-order valence-electron chi connectivity index (χ1n) is 6.23. The molecular weight excluding hydrogens is 198 g/mol. The summed E-state index contributed by atoms with van der Waals surface area (Å²) in [5.74, 6) is 0.979. The number of hydrogen-bond acceptors (Lipinski definition) is 2. The van der Waals surface area contributed by atoms with E-state index in [0.717, 1.165) is 6.54 Å². The molecule has 1 heterocycles. The van der Waals surface area contributed by atoms with Crippen LogP contribution in [0.4, 0.5) is 0 Å². The van der Waals surface area contributed by atoms with Crippen LogP contribution < -0.4 is 0 Å². The quantitative estimate of drug-likeness (QED) is 0.844. The Morgan fingerprint density at radius 2 is 2.25 bits per heavy atom. The Bertz CT molecular complexity index is 350. The van der Waals surface area contributed by atoms with Crippen LogP contribution in [0.25, 0.3) is 0 Å². The number of hydrogen-bond donors (Lipinski definition) is 1. The number of benzene rings is 1. The molecule has 0 saturated carbocycles. The van der Waals surface area contributed by atoms with Gasteiger partial charge in [0.1, 0.15) is 5.75 Å². The summed E-state index contributed by atoms with van der Waals surface area (Å²) in [5.41, 5.74) is 1.28. The minimum Gasteiger partial charge on any atom is -0.508 e. The van der Waals surface area contributed by atoms with E-state index in [9.17, 15) is 5.11 Å². The van der Waals surface area contributed by atoms with Crippen molar-refractivity contribution in [2.45, 2.75) is 38.6 Å². The maximum absolute atomic E-state index is 9.49. The van der Waals surface area contributed by atoms with Gasteiger partial charge >= 0.3 is 0 Å². The third-order valence-electron chi connectivity index (χ3n) is 3.56. The van der Waals surface area contributed by atoms with Crippen molar-refractivity contribution in [1.29, 1.82) is 0 Å². The van der Waals surface area contributed by atoms with Gasteiger partial charge in [0.15, 0.2) is 0 Å². The van der Waals surface area contributed by atoms with Crippen LogP contribution in [0.1, 0.15) is 38.2 Å². The maximum atomic E-state index is 9.49. The van der Waals surface area contributed by atoms with Crippen LogP contribution in [0.15, 0.2) is 24.3 Å². The van der Waals surface area contributed by atoms with Crippen LogP contribution in [-0.4, -0.2) is 29.1 Å². The molecule has 0 aromatic heterocycles. The largest absolute Gasteiger partial charge is 0.508 e. The van der Waals surface area contributed by atoms with Crippen LogP contribution in [0.3, 0.4) is 0 Å². The summed E-state index contributed by atoms with van der Waals surface area (Å²) in [4.78, 5) is 2.55. The lowest BCUT2D eigenvalue weighted by atomic mass is 9.96. The van der Waals surface area contributed by atoms with Crippen LogP contribution >= 0.6 is 0 Å². The normalized spacial score (nSPS) is 26.1. The van der Waals surface area contributed by atoms with E-state index in [1.165, 1.54) is 24.9 Å². The van der Waals surface area contributed by atoms with Gasteiger partial charge in [0.2, 0.25) is 0 Å². The molecule has 0 aliphatic carbocycles. The molecular formula is C14H21NO. The average Bonchev–Trinajstić information content (AvgIpc) is 2.61. The van der Waals surface area contributed by atoms with Gasteiger partial charge in [-0.2, -0.15) is 0 Å². The summed E-state index contributed by atoms with van der Waals surface area (Å²) < 4.78 is 0. The van der Waals surface area contributed by atoms with E-state index in [1.54, 1.807) is 6.07 Å². The maximum Gasteiger partial charge on any atom is 0.115 e. The van der Waals surface area contributed by atoms with Gasteiger partial charge in [-0.05, 0) is 49.9 Å². The highest BCUT2D eigenvalue weighted by Crippen LogP contribution is 2.32. The molecule has 0 spiro atoms. The molecule has 1 saturated heterocycles. The Labute approximate surface area is 97.9 Å². The first-order valence-corrected chi connectivity index (χ1v) is 6.23.